The molecule has 3 heteroatoms. The molecule has 1 aromatic rings. The Labute approximate surface area is 108 Å². The first-order chi connectivity index (χ1) is 8.76. The summed E-state index contributed by atoms with van der Waals surface area (Å²) in [5.74, 6) is 0.952. The van der Waals surface area contributed by atoms with Gasteiger partial charge in [0, 0.05) is 12.1 Å². The molecule has 0 bridgehead atoms. The molecule has 0 spiro atoms. The first kappa shape index (κ1) is 12.0. The van der Waals surface area contributed by atoms with Crippen molar-refractivity contribution in [2.75, 3.05) is 7.11 Å². The minimum absolute atomic E-state index is 0.0820. The summed E-state index contributed by atoms with van der Waals surface area (Å²) in [4.78, 5) is 0. The van der Waals surface area contributed by atoms with E-state index in [2.05, 4.69) is 23.5 Å². The van der Waals surface area contributed by atoms with E-state index in [1.807, 2.05) is 0 Å². The molecule has 2 N–H and O–H groups in total. The number of aliphatic hydroxyl groups is 1. The number of nitrogens with one attached hydrogen (secondary N) is 1. The first-order valence-corrected chi connectivity index (χ1v) is 6.87. The second kappa shape index (κ2) is 4.90. The van der Waals surface area contributed by atoms with Crippen LogP contribution in [0.3, 0.4) is 0 Å². The molecular formula is C15H21NO2. The van der Waals surface area contributed by atoms with Crippen LogP contribution in [0.15, 0.2) is 18.2 Å². The maximum atomic E-state index is 9.35. The molecule has 3 rings (SSSR count). The van der Waals surface area contributed by atoms with E-state index in [0.717, 1.165) is 25.0 Å². The molecular weight excluding hydrogens is 226 g/mol. The van der Waals surface area contributed by atoms with Crippen LogP contribution in [0.4, 0.5) is 0 Å². The van der Waals surface area contributed by atoms with Crippen molar-refractivity contribution >= 4 is 0 Å². The summed E-state index contributed by atoms with van der Waals surface area (Å²) in [6.07, 6.45) is 5.31. The molecule has 0 aromatic heterocycles. The van der Waals surface area contributed by atoms with Crippen molar-refractivity contribution in [2.45, 2.75) is 50.3 Å². The van der Waals surface area contributed by atoms with Crippen molar-refractivity contribution in [2.24, 2.45) is 0 Å². The Morgan fingerprint density at radius 2 is 2.17 bits per heavy atom. The third kappa shape index (κ3) is 2.25. The lowest BCUT2D eigenvalue weighted by Gasteiger charge is -2.37. The van der Waals surface area contributed by atoms with E-state index in [-0.39, 0.29) is 6.10 Å². The third-order valence-electron chi connectivity index (χ3n) is 4.21. The summed E-state index contributed by atoms with van der Waals surface area (Å²) in [5.41, 5.74) is 2.83. The van der Waals surface area contributed by atoms with Gasteiger partial charge in [-0.2, -0.15) is 0 Å². The van der Waals surface area contributed by atoms with Gasteiger partial charge in [-0.05, 0) is 55.4 Å². The highest BCUT2D eigenvalue weighted by molar-refractivity contribution is 5.39. The van der Waals surface area contributed by atoms with Crippen LogP contribution in [0.25, 0.3) is 0 Å². The summed E-state index contributed by atoms with van der Waals surface area (Å²) >= 11 is 0. The lowest BCUT2D eigenvalue weighted by Crippen LogP contribution is -2.46. The van der Waals surface area contributed by atoms with E-state index in [1.54, 1.807) is 7.11 Å². The van der Waals surface area contributed by atoms with E-state index < -0.39 is 0 Å². The van der Waals surface area contributed by atoms with Crippen LogP contribution in [0.1, 0.15) is 42.9 Å². The Morgan fingerprint density at radius 1 is 1.33 bits per heavy atom. The molecule has 0 aliphatic heterocycles. The van der Waals surface area contributed by atoms with Gasteiger partial charge in [-0.3, -0.25) is 0 Å². The zero-order valence-electron chi connectivity index (χ0n) is 10.9. The molecule has 98 valence electrons. The molecule has 0 saturated heterocycles. The van der Waals surface area contributed by atoms with E-state index >= 15 is 0 Å². The van der Waals surface area contributed by atoms with Gasteiger partial charge in [0.1, 0.15) is 5.75 Å². The molecule has 0 heterocycles. The maximum absolute atomic E-state index is 9.35. The van der Waals surface area contributed by atoms with Crippen LogP contribution < -0.4 is 10.1 Å². The van der Waals surface area contributed by atoms with Crippen LogP contribution in [0, 0.1) is 0 Å². The second-order valence-corrected chi connectivity index (χ2v) is 5.50. The minimum Gasteiger partial charge on any atom is -0.497 e. The monoisotopic (exact) mass is 247 g/mol. The fourth-order valence-corrected chi connectivity index (χ4v) is 3.10. The normalized spacial score (nSPS) is 30.4. The van der Waals surface area contributed by atoms with Gasteiger partial charge in [0.2, 0.25) is 0 Å². The number of fused-ring (bicyclic) bond motifs is 1. The Hall–Kier alpha value is -1.06. The molecule has 0 amide bonds. The summed E-state index contributed by atoms with van der Waals surface area (Å²) in [7, 11) is 1.72. The van der Waals surface area contributed by atoms with E-state index in [9.17, 15) is 5.11 Å². The lowest BCUT2D eigenvalue weighted by molar-refractivity contribution is 0.0566. The molecule has 18 heavy (non-hydrogen) atoms. The number of hydrogen-bond donors (Lipinski definition) is 2. The smallest absolute Gasteiger partial charge is 0.119 e. The van der Waals surface area contributed by atoms with Gasteiger partial charge >= 0.3 is 0 Å². The highest BCUT2D eigenvalue weighted by Crippen LogP contribution is 2.34. The molecule has 1 atom stereocenters. The lowest BCUT2D eigenvalue weighted by atomic mass is 9.84. The molecule has 3 nitrogen and oxygen atoms in total. The fourth-order valence-electron chi connectivity index (χ4n) is 3.10. The van der Waals surface area contributed by atoms with Gasteiger partial charge in [-0.15, -0.1) is 0 Å². The van der Waals surface area contributed by atoms with Gasteiger partial charge in [0.15, 0.2) is 0 Å². The van der Waals surface area contributed by atoms with E-state index in [1.165, 1.54) is 24.0 Å². The minimum atomic E-state index is -0.0820. The number of rotatable bonds is 3. The Kier molecular flexibility index (Phi) is 3.27. The van der Waals surface area contributed by atoms with E-state index in [4.69, 9.17) is 4.74 Å². The quantitative estimate of drug-likeness (QED) is 0.860. The van der Waals surface area contributed by atoms with Gasteiger partial charge in [-0.25, -0.2) is 0 Å². The van der Waals surface area contributed by atoms with Crippen molar-refractivity contribution in [1.29, 1.82) is 0 Å². The summed E-state index contributed by atoms with van der Waals surface area (Å²) in [5, 5.41) is 13.0. The number of methoxy groups -OCH3 is 1. The van der Waals surface area contributed by atoms with Crippen molar-refractivity contribution < 1.29 is 9.84 Å². The summed E-state index contributed by atoms with van der Waals surface area (Å²) in [6.45, 7) is 0. The highest BCUT2D eigenvalue weighted by Gasteiger charge is 2.30. The number of aryl methyl sites for hydroxylation is 1. The number of ether oxygens (including phenoxy) is 1. The van der Waals surface area contributed by atoms with Crippen LogP contribution in [-0.2, 0) is 6.42 Å². The predicted molar refractivity (Wildman–Crippen MR) is 70.8 cm³/mol. The SMILES string of the molecule is COc1ccc2c(c1)CCCC2NC1CC(O)C1. The molecule has 1 aromatic carbocycles. The van der Waals surface area contributed by atoms with E-state index in [0.29, 0.717) is 12.1 Å². The largest absolute Gasteiger partial charge is 0.497 e. The number of benzene rings is 1. The zero-order valence-corrected chi connectivity index (χ0v) is 10.9. The third-order valence-corrected chi connectivity index (χ3v) is 4.21. The van der Waals surface area contributed by atoms with Gasteiger partial charge in [0.25, 0.3) is 0 Å². The molecule has 0 radical (unpaired) electrons. The highest BCUT2D eigenvalue weighted by atomic mass is 16.5. The molecule has 1 saturated carbocycles. The molecule has 1 unspecified atom stereocenters. The second-order valence-electron chi connectivity index (χ2n) is 5.50. The molecule has 2 aliphatic carbocycles. The van der Waals surface area contributed by atoms with Crippen molar-refractivity contribution in [3.8, 4) is 5.75 Å². The fraction of sp³-hybridized carbons (Fsp3) is 0.600. The Balaban J connectivity index is 1.74. The zero-order chi connectivity index (χ0) is 12.5. The molecule has 1 fully saturated rings. The van der Waals surface area contributed by atoms with Gasteiger partial charge in [-0.1, -0.05) is 6.07 Å². The van der Waals surface area contributed by atoms with Gasteiger partial charge < -0.3 is 15.2 Å². The van der Waals surface area contributed by atoms with Crippen molar-refractivity contribution in [3.05, 3.63) is 29.3 Å². The average molecular weight is 247 g/mol. The van der Waals surface area contributed by atoms with Crippen LogP contribution in [0.2, 0.25) is 0 Å². The van der Waals surface area contributed by atoms with Crippen LogP contribution in [-0.4, -0.2) is 24.4 Å². The summed E-state index contributed by atoms with van der Waals surface area (Å²) < 4.78 is 5.29. The molecule has 2 aliphatic rings. The Morgan fingerprint density at radius 3 is 2.89 bits per heavy atom. The maximum Gasteiger partial charge on any atom is 0.119 e. The summed E-state index contributed by atoms with van der Waals surface area (Å²) in [6, 6.07) is 7.36. The van der Waals surface area contributed by atoms with Crippen molar-refractivity contribution in [3.63, 3.8) is 0 Å². The Bertz CT molecular complexity index is 427. The predicted octanol–water partition coefficient (Wildman–Crippen LogP) is 2.19. The van der Waals surface area contributed by atoms with Crippen LogP contribution >= 0.6 is 0 Å². The first-order valence-electron chi connectivity index (χ1n) is 6.87. The average Bonchev–Trinajstić information content (AvgIpc) is 2.36. The van der Waals surface area contributed by atoms with Crippen molar-refractivity contribution in [1.82, 2.24) is 5.32 Å². The standard InChI is InChI=1S/C15H21NO2/c1-18-13-5-6-14-10(7-13)3-2-4-15(14)16-11-8-12(17)9-11/h5-7,11-12,15-17H,2-4,8-9H2,1H3. The number of aliphatic hydroxyl groups excluding tert-OH is 1. The van der Waals surface area contributed by atoms with Crippen LogP contribution in [0.5, 0.6) is 5.75 Å². The topological polar surface area (TPSA) is 41.5 Å². The number of hydrogen-bond acceptors (Lipinski definition) is 3. The van der Waals surface area contributed by atoms with Gasteiger partial charge in [0.05, 0.1) is 13.2 Å².